The molecule has 0 saturated carbocycles. The Morgan fingerprint density at radius 1 is 1.42 bits per heavy atom. The van der Waals surface area contributed by atoms with E-state index in [1.54, 1.807) is 18.2 Å². The van der Waals surface area contributed by atoms with Gasteiger partial charge in [-0.2, -0.15) is 5.10 Å². The van der Waals surface area contributed by atoms with Crippen LogP contribution in [0.1, 0.15) is 15.9 Å². The van der Waals surface area contributed by atoms with Gasteiger partial charge in [0.25, 0.3) is 5.91 Å². The molecule has 1 heterocycles. The predicted octanol–water partition coefficient (Wildman–Crippen LogP) is 2.73. The van der Waals surface area contributed by atoms with Crippen LogP contribution in [0.2, 0.25) is 5.15 Å². The van der Waals surface area contributed by atoms with Crippen LogP contribution in [-0.4, -0.2) is 41.9 Å². The van der Waals surface area contributed by atoms with Crippen molar-refractivity contribution in [1.82, 2.24) is 10.4 Å². The van der Waals surface area contributed by atoms with Gasteiger partial charge in [0.05, 0.1) is 18.9 Å². The molecule has 136 valence electrons. The average Bonchev–Trinajstić information content (AvgIpc) is 2.61. The molecule has 1 aromatic heterocycles. The second kappa shape index (κ2) is 9.16. The van der Waals surface area contributed by atoms with Crippen LogP contribution in [0.3, 0.4) is 0 Å². The van der Waals surface area contributed by atoms with Crippen molar-refractivity contribution < 1.29 is 24.2 Å². The zero-order valence-electron chi connectivity index (χ0n) is 13.4. The fraction of sp³-hybridized carbons (Fsp3) is 0.125. The summed E-state index contributed by atoms with van der Waals surface area (Å²) in [7, 11) is 1.42. The van der Waals surface area contributed by atoms with Crippen molar-refractivity contribution in [2.75, 3.05) is 13.7 Å². The van der Waals surface area contributed by atoms with Crippen LogP contribution in [0.15, 0.2) is 40.0 Å². The van der Waals surface area contributed by atoms with E-state index in [2.05, 4.69) is 31.4 Å². The minimum atomic E-state index is -1.11. The highest BCUT2D eigenvalue weighted by Crippen LogP contribution is 2.32. The average molecular weight is 443 g/mol. The summed E-state index contributed by atoms with van der Waals surface area (Å²) in [6.45, 7) is -0.502. The van der Waals surface area contributed by atoms with E-state index in [1.165, 1.54) is 25.6 Å². The molecule has 0 radical (unpaired) electrons. The number of aromatic nitrogens is 1. The molecule has 0 saturated heterocycles. The highest BCUT2D eigenvalue weighted by Gasteiger charge is 2.12. The lowest BCUT2D eigenvalue weighted by molar-refractivity contribution is -0.139. The van der Waals surface area contributed by atoms with Gasteiger partial charge in [0, 0.05) is 16.2 Å². The van der Waals surface area contributed by atoms with E-state index in [0.717, 1.165) is 0 Å². The molecule has 1 amide bonds. The minimum absolute atomic E-state index is 0.0722. The number of rotatable bonds is 7. The highest BCUT2D eigenvalue weighted by atomic mass is 79.9. The number of pyridine rings is 1. The number of halogens is 2. The SMILES string of the molecule is COc1cc(C=NNC(=O)c2cccnc2Cl)c(Br)cc1OCC(=O)O. The molecule has 0 atom stereocenters. The largest absolute Gasteiger partial charge is 0.493 e. The monoisotopic (exact) mass is 441 g/mol. The lowest BCUT2D eigenvalue weighted by Gasteiger charge is -2.11. The van der Waals surface area contributed by atoms with Gasteiger partial charge in [0.15, 0.2) is 18.1 Å². The number of nitrogens with zero attached hydrogens (tertiary/aromatic N) is 2. The molecule has 10 heteroatoms. The molecule has 0 bridgehead atoms. The number of carbonyl (C=O) groups excluding carboxylic acids is 1. The lowest BCUT2D eigenvalue weighted by atomic mass is 10.2. The van der Waals surface area contributed by atoms with Gasteiger partial charge in [0.2, 0.25) is 0 Å². The van der Waals surface area contributed by atoms with E-state index in [0.29, 0.717) is 15.8 Å². The van der Waals surface area contributed by atoms with E-state index in [-0.39, 0.29) is 16.5 Å². The van der Waals surface area contributed by atoms with Crippen molar-refractivity contribution in [3.8, 4) is 11.5 Å². The van der Waals surface area contributed by atoms with Crippen LogP contribution in [-0.2, 0) is 4.79 Å². The van der Waals surface area contributed by atoms with E-state index < -0.39 is 18.5 Å². The number of carboxylic acid groups (broad SMARTS) is 1. The Morgan fingerprint density at radius 2 is 2.19 bits per heavy atom. The summed E-state index contributed by atoms with van der Waals surface area (Å²) in [5.74, 6) is -1.04. The van der Waals surface area contributed by atoms with Crippen molar-refractivity contribution in [3.63, 3.8) is 0 Å². The van der Waals surface area contributed by atoms with Crippen molar-refractivity contribution in [2.24, 2.45) is 5.10 Å². The summed E-state index contributed by atoms with van der Waals surface area (Å²) in [5.41, 5.74) is 3.11. The van der Waals surface area contributed by atoms with Crippen LogP contribution in [0.5, 0.6) is 11.5 Å². The van der Waals surface area contributed by atoms with E-state index >= 15 is 0 Å². The molecule has 1 aromatic carbocycles. The highest BCUT2D eigenvalue weighted by molar-refractivity contribution is 9.10. The molecular formula is C16H13BrClN3O5. The number of hydrazone groups is 1. The topological polar surface area (TPSA) is 110 Å². The van der Waals surface area contributed by atoms with Crippen LogP contribution in [0.4, 0.5) is 0 Å². The van der Waals surface area contributed by atoms with E-state index in [9.17, 15) is 9.59 Å². The molecule has 0 aliphatic rings. The molecule has 26 heavy (non-hydrogen) atoms. The Bertz CT molecular complexity index is 860. The quantitative estimate of drug-likeness (QED) is 0.388. The molecule has 2 rings (SSSR count). The van der Waals surface area contributed by atoms with Crippen molar-refractivity contribution in [2.45, 2.75) is 0 Å². The second-order valence-corrected chi connectivity index (χ2v) is 5.96. The van der Waals surface area contributed by atoms with Crippen LogP contribution in [0, 0.1) is 0 Å². The normalized spacial score (nSPS) is 10.6. The molecule has 8 nitrogen and oxygen atoms in total. The van der Waals surface area contributed by atoms with Gasteiger partial charge in [-0.3, -0.25) is 4.79 Å². The maximum Gasteiger partial charge on any atom is 0.341 e. The third-order valence-corrected chi connectivity index (χ3v) is 4.00. The van der Waals surface area contributed by atoms with Gasteiger partial charge >= 0.3 is 5.97 Å². The summed E-state index contributed by atoms with van der Waals surface area (Å²) in [4.78, 5) is 26.4. The first-order valence-electron chi connectivity index (χ1n) is 7.08. The number of nitrogens with one attached hydrogen (secondary N) is 1. The van der Waals surface area contributed by atoms with E-state index in [4.69, 9.17) is 26.2 Å². The number of hydrogen-bond donors (Lipinski definition) is 2. The Morgan fingerprint density at radius 3 is 2.85 bits per heavy atom. The molecule has 0 spiro atoms. The first-order valence-corrected chi connectivity index (χ1v) is 8.25. The summed E-state index contributed by atoms with van der Waals surface area (Å²) in [6.07, 6.45) is 2.86. The molecular weight excluding hydrogens is 430 g/mol. The second-order valence-electron chi connectivity index (χ2n) is 4.75. The number of carboxylic acids is 1. The number of methoxy groups -OCH3 is 1. The first-order chi connectivity index (χ1) is 12.4. The van der Waals surface area contributed by atoms with E-state index in [1.807, 2.05) is 0 Å². The summed E-state index contributed by atoms with van der Waals surface area (Å²) in [6, 6.07) is 6.23. The number of ether oxygens (including phenoxy) is 2. The maximum absolute atomic E-state index is 12.0. The van der Waals surface area contributed by atoms with Crippen LogP contribution < -0.4 is 14.9 Å². The Hall–Kier alpha value is -2.65. The standard InChI is InChI=1S/C16H13BrClN3O5/c1-25-12-5-9(11(17)6-13(12)26-8-14(22)23)7-20-21-16(24)10-3-2-4-19-15(10)18/h2-7H,8H2,1H3,(H,21,24)(H,22,23). The van der Waals surface area contributed by atoms with Crippen molar-refractivity contribution in [1.29, 1.82) is 0 Å². The van der Waals surface area contributed by atoms with Gasteiger partial charge < -0.3 is 14.6 Å². The molecule has 2 N–H and O–H groups in total. The molecule has 2 aromatic rings. The van der Waals surface area contributed by atoms with Crippen LogP contribution in [0.25, 0.3) is 0 Å². The van der Waals surface area contributed by atoms with Crippen molar-refractivity contribution in [3.05, 3.63) is 51.2 Å². The number of aliphatic carboxylic acids is 1. The van der Waals surface area contributed by atoms with Gasteiger partial charge in [-0.25, -0.2) is 15.2 Å². The molecule has 0 aliphatic carbocycles. The Labute approximate surface area is 161 Å². The zero-order valence-corrected chi connectivity index (χ0v) is 15.7. The minimum Gasteiger partial charge on any atom is -0.493 e. The number of hydrogen-bond acceptors (Lipinski definition) is 6. The first kappa shape index (κ1) is 19.7. The summed E-state index contributed by atoms with van der Waals surface area (Å²) < 4.78 is 10.9. The summed E-state index contributed by atoms with van der Waals surface area (Å²) in [5, 5.41) is 12.6. The number of amides is 1. The van der Waals surface area contributed by atoms with Gasteiger partial charge in [0.1, 0.15) is 5.15 Å². The molecule has 0 aliphatic heterocycles. The number of carbonyl (C=O) groups is 2. The lowest BCUT2D eigenvalue weighted by Crippen LogP contribution is -2.18. The molecule has 0 fully saturated rings. The number of benzene rings is 1. The summed E-state index contributed by atoms with van der Waals surface area (Å²) >= 11 is 9.17. The third kappa shape index (κ3) is 5.17. The van der Waals surface area contributed by atoms with Gasteiger partial charge in [-0.15, -0.1) is 0 Å². The predicted molar refractivity (Wildman–Crippen MR) is 98.1 cm³/mol. The fourth-order valence-electron chi connectivity index (χ4n) is 1.84. The van der Waals surface area contributed by atoms with Crippen molar-refractivity contribution >= 4 is 45.6 Å². The zero-order chi connectivity index (χ0) is 19.1. The van der Waals surface area contributed by atoms with Gasteiger partial charge in [-0.05, 0) is 40.2 Å². The Balaban J connectivity index is 2.13. The third-order valence-electron chi connectivity index (χ3n) is 3.01. The van der Waals surface area contributed by atoms with Gasteiger partial charge in [-0.1, -0.05) is 11.6 Å². The Kier molecular flexibility index (Phi) is 6.93. The maximum atomic E-state index is 12.0. The molecule has 0 unspecified atom stereocenters. The smallest absolute Gasteiger partial charge is 0.341 e. The fourth-order valence-corrected chi connectivity index (χ4v) is 2.47. The van der Waals surface area contributed by atoms with Crippen LogP contribution >= 0.6 is 27.5 Å².